The lowest BCUT2D eigenvalue weighted by Crippen LogP contribution is -2.38. The van der Waals surface area contributed by atoms with E-state index in [1.807, 2.05) is 26.0 Å². The highest BCUT2D eigenvalue weighted by Crippen LogP contribution is 2.29. The summed E-state index contributed by atoms with van der Waals surface area (Å²) < 4.78 is 5.75. The lowest BCUT2D eigenvalue weighted by molar-refractivity contribution is -0.152. The monoisotopic (exact) mass is 370 g/mol. The van der Waals surface area contributed by atoms with Crippen molar-refractivity contribution in [3.8, 4) is 5.75 Å². The number of rotatable bonds is 7. The molecule has 0 aliphatic carbocycles. The normalized spacial score (nSPS) is 11.7. The van der Waals surface area contributed by atoms with Gasteiger partial charge in [-0.2, -0.15) is 0 Å². The van der Waals surface area contributed by atoms with Crippen molar-refractivity contribution in [2.75, 3.05) is 6.26 Å². The van der Waals surface area contributed by atoms with Gasteiger partial charge in [0.05, 0.1) is 0 Å². The number of hydrogen-bond acceptors (Lipinski definition) is 3. The van der Waals surface area contributed by atoms with Crippen molar-refractivity contribution in [3.05, 3.63) is 64.7 Å². The smallest absolute Gasteiger partial charge is 0.347 e. The number of benzene rings is 2. The Kier molecular flexibility index (Phi) is 6.54. The molecular formula is C22H26O3S. The van der Waals surface area contributed by atoms with E-state index in [2.05, 4.69) is 42.7 Å². The number of allylic oxidation sites excluding steroid dienone is 1. The summed E-state index contributed by atoms with van der Waals surface area (Å²) in [6.07, 6.45) is 7.18. The third-order valence-electron chi connectivity index (χ3n) is 4.18. The summed E-state index contributed by atoms with van der Waals surface area (Å²) in [6, 6.07) is 12.6. The highest BCUT2D eigenvalue weighted by Gasteiger charge is 2.30. The molecule has 0 saturated carbocycles. The second kappa shape index (κ2) is 8.45. The van der Waals surface area contributed by atoms with Crippen LogP contribution in [0, 0.1) is 13.8 Å². The molecule has 0 fully saturated rings. The minimum Gasteiger partial charge on any atom is -0.478 e. The second-order valence-electron chi connectivity index (χ2n) is 6.86. The van der Waals surface area contributed by atoms with Crippen molar-refractivity contribution >= 4 is 23.8 Å². The predicted molar refractivity (Wildman–Crippen MR) is 109 cm³/mol. The van der Waals surface area contributed by atoms with Gasteiger partial charge in [-0.25, -0.2) is 4.79 Å². The van der Waals surface area contributed by atoms with E-state index in [9.17, 15) is 9.90 Å². The van der Waals surface area contributed by atoms with E-state index in [1.165, 1.54) is 10.5 Å². The van der Waals surface area contributed by atoms with Gasteiger partial charge in [-0.3, -0.25) is 0 Å². The standard InChI is InChI=1S/C22H26O3S/c1-15-13-18(8-6-7-17-9-11-19(26-5)12-10-17)14-16(2)20(15)25-22(3,4)21(23)24/h6,8-14H,7H2,1-5H3,(H,23,24). The number of aliphatic carboxylic acids is 1. The van der Waals surface area contributed by atoms with Crippen molar-refractivity contribution in [2.24, 2.45) is 0 Å². The zero-order chi connectivity index (χ0) is 19.3. The van der Waals surface area contributed by atoms with Crippen LogP contribution in [-0.2, 0) is 11.2 Å². The molecule has 26 heavy (non-hydrogen) atoms. The Labute approximate surface area is 160 Å². The van der Waals surface area contributed by atoms with Gasteiger partial charge in [-0.05, 0) is 86.9 Å². The van der Waals surface area contributed by atoms with Crippen molar-refractivity contribution in [1.82, 2.24) is 0 Å². The number of ether oxygens (including phenoxy) is 1. The van der Waals surface area contributed by atoms with E-state index >= 15 is 0 Å². The average molecular weight is 371 g/mol. The van der Waals surface area contributed by atoms with E-state index in [0.29, 0.717) is 5.75 Å². The Morgan fingerprint density at radius 2 is 1.73 bits per heavy atom. The molecule has 0 unspecified atom stereocenters. The van der Waals surface area contributed by atoms with Crippen LogP contribution in [0.25, 0.3) is 6.08 Å². The zero-order valence-electron chi connectivity index (χ0n) is 16.0. The first-order valence-corrected chi connectivity index (χ1v) is 9.78. The van der Waals surface area contributed by atoms with Crippen LogP contribution in [-0.4, -0.2) is 22.9 Å². The Hall–Kier alpha value is -2.20. The molecule has 0 radical (unpaired) electrons. The van der Waals surface area contributed by atoms with Crippen molar-refractivity contribution in [3.63, 3.8) is 0 Å². The maximum Gasteiger partial charge on any atom is 0.347 e. The Morgan fingerprint density at radius 3 is 2.23 bits per heavy atom. The van der Waals surface area contributed by atoms with Crippen LogP contribution in [0.2, 0.25) is 0 Å². The van der Waals surface area contributed by atoms with Crippen LogP contribution in [0.4, 0.5) is 0 Å². The first-order valence-electron chi connectivity index (χ1n) is 8.56. The molecule has 0 heterocycles. The minimum absolute atomic E-state index is 0.641. The summed E-state index contributed by atoms with van der Waals surface area (Å²) in [5.74, 6) is -0.338. The van der Waals surface area contributed by atoms with E-state index in [0.717, 1.165) is 23.1 Å². The van der Waals surface area contributed by atoms with Gasteiger partial charge in [0.15, 0.2) is 5.60 Å². The fourth-order valence-electron chi connectivity index (χ4n) is 2.63. The van der Waals surface area contributed by atoms with Gasteiger partial charge in [0.2, 0.25) is 0 Å². The summed E-state index contributed by atoms with van der Waals surface area (Å²) in [5.41, 5.74) is 2.97. The van der Waals surface area contributed by atoms with Crippen LogP contribution in [0.5, 0.6) is 5.75 Å². The van der Waals surface area contributed by atoms with Crippen LogP contribution in [0.1, 0.15) is 36.1 Å². The quantitative estimate of drug-likeness (QED) is 0.652. The number of carbonyl (C=O) groups is 1. The molecular weight excluding hydrogens is 344 g/mol. The molecule has 0 spiro atoms. The average Bonchev–Trinajstić information content (AvgIpc) is 2.58. The lowest BCUT2D eigenvalue weighted by atomic mass is 10.0. The van der Waals surface area contributed by atoms with Crippen LogP contribution < -0.4 is 4.74 Å². The zero-order valence-corrected chi connectivity index (χ0v) is 16.8. The summed E-state index contributed by atoms with van der Waals surface area (Å²) in [4.78, 5) is 12.6. The lowest BCUT2D eigenvalue weighted by Gasteiger charge is -2.24. The molecule has 0 atom stereocenters. The van der Waals surface area contributed by atoms with Crippen LogP contribution in [0.3, 0.4) is 0 Å². The van der Waals surface area contributed by atoms with Gasteiger partial charge in [-0.15, -0.1) is 11.8 Å². The van der Waals surface area contributed by atoms with Crippen LogP contribution in [0.15, 0.2) is 47.4 Å². The number of carboxylic acids is 1. The molecule has 0 aromatic heterocycles. The molecule has 2 rings (SSSR count). The molecule has 4 heteroatoms. The highest BCUT2D eigenvalue weighted by molar-refractivity contribution is 7.98. The van der Waals surface area contributed by atoms with Gasteiger partial charge in [-0.1, -0.05) is 24.3 Å². The fraction of sp³-hybridized carbons (Fsp3) is 0.318. The van der Waals surface area contributed by atoms with Crippen molar-refractivity contribution in [1.29, 1.82) is 0 Å². The first-order chi connectivity index (χ1) is 12.2. The topological polar surface area (TPSA) is 46.5 Å². The molecule has 138 valence electrons. The summed E-state index contributed by atoms with van der Waals surface area (Å²) in [7, 11) is 0. The molecule has 0 aliphatic rings. The predicted octanol–water partition coefficient (Wildman–Crippen LogP) is 5.52. The van der Waals surface area contributed by atoms with Crippen molar-refractivity contribution in [2.45, 2.75) is 44.6 Å². The maximum absolute atomic E-state index is 11.3. The largest absolute Gasteiger partial charge is 0.478 e. The summed E-state index contributed by atoms with van der Waals surface area (Å²) >= 11 is 1.74. The summed E-state index contributed by atoms with van der Waals surface area (Å²) in [6.45, 7) is 7.01. The van der Waals surface area contributed by atoms with E-state index < -0.39 is 11.6 Å². The van der Waals surface area contributed by atoms with Gasteiger partial charge in [0.1, 0.15) is 5.75 Å². The maximum atomic E-state index is 11.3. The fourth-order valence-corrected chi connectivity index (χ4v) is 3.04. The van der Waals surface area contributed by atoms with E-state index in [1.54, 1.807) is 25.6 Å². The summed E-state index contributed by atoms with van der Waals surface area (Å²) in [5, 5.41) is 9.26. The van der Waals surface area contributed by atoms with E-state index in [-0.39, 0.29) is 0 Å². The molecule has 2 aromatic carbocycles. The third-order valence-corrected chi connectivity index (χ3v) is 4.92. The van der Waals surface area contributed by atoms with Crippen LogP contribution >= 0.6 is 11.8 Å². The number of thioether (sulfide) groups is 1. The van der Waals surface area contributed by atoms with Gasteiger partial charge in [0.25, 0.3) is 0 Å². The third kappa shape index (κ3) is 5.15. The molecule has 0 saturated heterocycles. The van der Waals surface area contributed by atoms with E-state index in [4.69, 9.17) is 4.74 Å². The Morgan fingerprint density at radius 1 is 1.15 bits per heavy atom. The molecule has 0 amide bonds. The van der Waals surface area contributed by atoms with Gasteiger partial charge < -0.3 is 9.84 Å². The molecule has 0 bridgehead atoms. The Bertz CT molecular complexity index is 782. The van der Waals surface area contributed by atoms with Gasteiger partial charge in [0, 0.05) is 4.90 Å². The highest BCUT2D eigenvalue weighted by atomic mass is 32.2. The number of hydrogen-bond donors (Lipinski definition) is 1. The molecule has 3 nitrogen and oxygen atoms in total. The minimum atomic E-state index is -1.25. The Balaban J connectivity index is 2.12. The molecule has 2 aromatic rings. The van der Waals surface area contributed by atoms with Gasteiger partial charge >= 0.3 is 5.97 Å². The number of carboxylic acid groups (broad SMARTS) is 1. The number of aryl methyl sites for hydroxylation is 2. The SMILES string of the molecule is CSc1ccc(CC=Cc2cc(C)c(OC(C)(C)C(=O)O)c(C)c2)cc1. The molecule has 0 aliphatic heterocycles. The van der Waals surface area contributed by atoms with Crippen molar-refractivity contribution < 1.29 is 14.6 Å². The first kappa shape index (κ1) is 20.1. The second-order valence-corrected chi connectivity index (χ2v) is 7.74. The molecule has 1 N–H and O–H groups in total.